The van der Waals surface area contributed by atoms with Crippen molar-refractivity contribution >= 4 is 18.0 Å². The van der Waals surface area contributed by atoms with E-state index in [9.17, 15) is 22.8 Å². The summed E-state index contributed by atoms with van der Waals surface area (Å²) in [5.74, 6) is -6.19. The first kappa shape index (κ1) is 14.7. The summed E-state index contributed by atoms with van der Waals surface area (Å²) in [7, 11) is 1.06. The third kappa shape index (κ3) is 3.84. The fourth-order valence-corrected chi connectivity index (χ4v) is 1.25. The van der Waals surface area contributed by atoms with E-state index >= 15 is 0 Å². The Hall–Kier alpha value is -2.31. The highest BCUT2D eigenvalue weighted by atomic mass is 19.2. The molecule has 0 atom stereocenters. The summed E-state index contributed by atoms with van der Waals surface area (Å²) in [4.78, 5) is 21.8. The van der Waals surface area contributed by atoms with Crippen molar-refractivity contribution in [1.82, 2.24) is 0 Å². The van der Waals surface area contributed by atoms with Crippen LogP contribution in [0.3, 0.4) is 0 Å². The molecule has 0 amide bonds. The Balaban J connectivity index is 3.19. The molecule has 0 aliphatic rings. The average molecular weight is 274 g/mol. The van der Waals surface area contributed by atoms with Gasteiger partial charge in [-0.15, -0.1) is 0 Å². The maximum Gasteiger partial charge on any atom is 0.332 e. The number of ether oxygens (including phenoxy) is 1. The number of esters is 1. The van der Waals surface area contributed by atoms with Crippen LogP contribution in [0, 0.1) is 17.5 Å². The fourth-order valence-electron chi connectivity index (χ4n) is 1.25. The maximum atomic E-state index is 13.3. The second kappa shape index (κ2) is 6.03. The predicted molar refractivity (Wildman–Crippen MR) is 58.6 cm³/mol. The van der Waals surface area contributed by atoms with Gasteiger partial charge in [-0.2, -0.15) is 0 Å². The van der Waals surface area contributed by atoms with Gasteiger partial charge in [0.15, 0.2) is 11.6 Å². The molecule has 0 saturated carbocycles. The Morgan fingerprint density at radius 1 is 1.21 bits per heavy atom. The normalized spacial score (nSPS) is 11.3. The summed E-state index contributed by atoms with van der Waals surface area (Å²) in [5.41, 5.74) is -0.975. The molecule has 1 aromatic carbocycles. The van der Waals surface area contributed by atoms with E-state index in [4.69, 9.17) is 5.11 Å². The lowest BCUT2D eigenvalue weighted by atomic mass is 10.1. The van der Waals surface area contributed by atoms with Crippen LogP contribution in [0.1, 0.15) is 12.0 Å². The first-order valence-electron chi connectivity index (χ1n) is 5.00. The minimum atomic E-state index is -1.49. The Bertz CT molecular complexity index is 552. The molecule has 0 saturated heterocycles. The minimum absolute atomic E-state index is 0.290. The lowest BCUT2D eigenvalue weighted by Gasteiger charge is -2.03. The van der Waals surface area contributed by atoms with Crippen molar-refractivity contribution in [1.29, 1.82) is 0 Å². The number of hydrogen-bond donors (Lipinski definition) is 1. The van der Waals surface area contributed by atoms with Crippen molar-refractivity contribution in [3.8, 4) is 0 Å². The Labute approximate surface area is 106 Å². The number of benzene rings is 1. The van der Waals surface area contributed by atoms with Crippen LogP contribution in [-0.2, 0) is 14.3 Å². The van der Waals surface area contributed by atoms with Crippen LogP contribution in [-0.4, -0.2) is 24.2 Å². The largest absolute Gasteiger partial charge is 0.478 e. The van der Waals surface area contributed by atoms with Gasteiger partial charge in [-0.05, 0) is 12.1 Å². The Kier molecular flexibility index (Phi) is 4.68. The zero-order valence-electron chi connectivity index (χ0n) is 9.75. The van der Waals surface area contributed by atoms with Gasteiger partial charge in [-0.25, -0.2) is 18.0 Å². The monoisotopic (exact) mass is 274 g/mol. The SMILES string of the molecule is COC(=O)C/C(=C/c1cc(F)c(F)cc1F)C(=O)O. The highest BCUT2D eigenvalue weighted by molar-refractivity contribution is 5.97. The molecule has 0 bridgehead atoms. The number of rotatable bonds is 4. The van der Waals surface area contributed by atoms with E-state index in [-0.39, 0.29) is 0 Å². The number of carboxylic acids is 1. The van der Waals surface area contributed by atoms with Crippen LogP contribution >= 0.6 is 0 Å². The van der Waals surface area contributed by atoms with E-state index in [2.05, 4.69) is 4.74 Å². The Morgan fingerprint density at radius 2 is 1.79 bits per heavy atom. The predicted octanol–water partition coefficient (Wildman–Crippen LogP) is 2.13. The highest BCUT2D eigenvalue weighted by Crippen LogP contribution is 2.18. The standard InChI is InChI=1S/C12H9F3O4/c1-19-11(16)4-7(12(17)18)2-6-3-9(14)10(15)5-8(6)13/h2-3,5H,4H2,1H3,(H,17,18)/b7-2-. The summed E-state index contributed by atoms with van der Waals surface area (Å²) in [5, 5.41) is 8.83. The van der Waals surface area contributed by atoms with Crippen LogP contribution in [0.4, 0.5) is 13.2 Å². The lowest BCUT2D eigenvalue weighted by molar-refractivity contribution is -0.142. The molecular formula is C12H9F3O4. The highest BCUT2D eigenvalue weighted by Gasteiger charge is 2.15. The molecule has 0 heterocycles. The number of aliphatic carboxylic acids is 1. The van der Waals surface area contributed by atoms with Crippen LogP contribution in [0.5, 0.6) is 0 Å². The average Bonchev–Trinajstić information content (AvgIpc) is 2.34. The molecule has 0 spiro atoms. The van der Waals surface area contributed by atoms with Gasteiger partial charge in [0.25, 0.3) is 0 Å². The fraction of sp³-hybridized carbons (Fsp3) is 0.167. The number of carbonyl (C=O) groups excluding carboxylic acids is 1. The lowest BCUT2D eigenvalue weighted by Crippen LogP contribution is -2.09. The molecule has 102 valence electrons. The van der Waals surface area contributed by atoms with Crippen molar-refractivity contribution in [2.75, 3.05) is 7.11 Å². The first-order chi connectivity index (χ1) is 8.85. The van der Waals surface area contributed by atoms with E-state index in [1.165, 1.54) is 0 Å². The summed E-state index contributed by atoms with van der Waals surface area (Å²) in [6.07, 6.45) is 0.126. The van der Waals surface area contributed by atoms with Crippen molar-refractivity contribution in [2.24, 2.45) is 0 Å². The third-order valence-electron chi connectivity index (χ3n) is 2.21. The molecule has 1 N–H and O–H groups in total. The van der Waals surface area contributed by atoms with Crippen LogP contribution in [0.25, 0.3) is 6.08 Å². The Morgan fingerprint density at radius 3 is 2.32 bits per heavy atom. The number of methoxy groups -OCH3 is 1. The second-order valence-corrected chi connectivity index (χ2v) is 3.52. The molecule has 19 heavy (non-hydrogen) atoms. The van der Waals surface area contributed by atoms with Crippen molar-refractivity contribution in [3.63, 3.8) is 0 Å². The molecule has 0 unspecified atom stereocenters. The van der Waals surface area contributed by atoms with Crippen molar-refractivity contribution in [3.05, 3.63) is 40.7 Å². The first-order valence-corrected chi connectivity index (χ1v) is 5.00. The van der Waals surface area contributed by atoms with Crippen molar-refractivity contribution in [2.45, 2.75) is 6.42 Å². The zero-order valence-corrected chi connectivity index (χ0v) is 9.75. The number of carboxylic acid groups (broad SMARTS) is 1. The summed E-state index contributed by atoms with van der Waals surface area (Å²) in [6, 6.07) is 0.795. The molecule has 0 fully saturated rings. The van der Waals surface area contributed by atoms with Crippen LogP contribution < -0.4 is 0 Å². The molecule has 7 heteroatoms. The van der Waals surface area contributed by atoms with E-state index in [0.717, 1.165) is 13.2 Å². The molecular weight excluding hydrogens is 265 g/mol. The van der Waals surface area contributed by atoms with Gasteiger partial charge in [0.1, 0.15) is 5.82 Å². The summed E-state index contributed by atoms with van der Waals surface area (Å²) in [6.45, 7) is 0. The number of carbonyl (C=O) groups is 2. The molecule has 0 aromatic heterocycles. The van der Waals surface area contributed by atoms with Gasteiger partial charge < -0.3 is 9.84 Å². The van der Waals surface area contributed by atoms with Gasteiger partial charge in [0.2, 0.25) is 0 Å². The quantitative estimate of drug-likeness (QED) is 0.519. The van der Waals surface area contributed by atoms with E-state index < -0.39 is 46.9 Å². The van der Waals surface area contributed by atoms with Gasteiger partial charge in [0, 0.05) is 17.2 Å². The molecule has 1 aromatic rings. The molecule has 4 nitrogen and oxygen atoms in total. The smallest absolute Gasteiger partial charge is 0.332 e. The van der Waals surface area contributed by atoms with E-state index in [1.54, 1.807) is 0 Å². The maximum absolute atomic E-state index is 13.3. The third-order valence-corrected chi connectivity index (χ3v) is 2.21. The van der Waals surface area contributed by atoms with Gasteiger partial charge in [-0.1, -0.05) is 0 Å². The van der Waals surface area contributed by atoms with Crippen LogP contribution in [0.15, 0.2) is 17.7 Å². The molecule has 0 aliphatic heterocycles. The summed E-state index contributed by atoms with van der Waals surface area (Å²) >= 11 is 0. The second-order valence-electron chi connectivity index (χ2n) is 3.52. The minimum Gasteiger partial charge on any atom is -0.478 e. The topological polar surface area (TPSA) is 63.6 Å². The summed E-state index contributed by atoms with van der Waals surface area (Å²) < 4.78 is 43.2. The van der Waals surface area contributed by atoms with Gasteiger partial charge in [-0.3, -0.25) is 4.79 Å². The van der Waals surface area contributed by atoms with Crippen LogP contribution in [0.2, 0.25) is 0 Å². The van der Waals surface area contributed by atoms with Gasteiger partial charge >= 0.3 is 11.9 Å². The molecule has 0 radical (unpaired) electrons. The number of hydrogen-bond acceptors (Lipinski definition) is 3. The molecule has 0 aliphatic carbocycles. The van der Waals surface area contributed by atoms with E-state index in [0.29, 0.717) is 12.1 Å². The van der Waals surface area contributed by atoms with E-state index in [1.807, 2.05) is 0 Å². The van der Waals surface area contributed by atoms with Gasteiger partial charge in [0.05, 0.1) is 13.5 Å². The molecule has 1 rings (SSSR count). The van der Waals surface area contributed by atoms with Crippen molar-refractivity contribution < 1.29 is 32.6 Å². The number of halogens is 3. The zero-order chi connectivity index (χ0) is 14.6.